The van der Waals surface area contributed by atoms with Crippen LogP contribution in [0, 0.1) is 5.82 Å². The first-order valence-corrected chi connectivity index (χ1v) is 11.3. The van der Waals surface area contributed by atoms with E-state index in [9.17, 15) is 4.39 Å². The molecule has 3 N–H and O–H groups in total. The first-order chi connectivity index (χ1) is 17.2. The average molecular weight is 465 g/mol. The van der Waals surface area contributed by atoms with Gasteiger partial charge in [0.2, 0.25) is 0 Å². The maximum absolute atomic E-state index is 13.4. The maximum atomic E-state index is 13.4. The molecule has 0 spiro atoms. The minimum Gasteiger partial charge on any atom is -0.335 e. The van der Waals surface area contributed by atoms with E-state index in [2.05, 4.69) is 48.4 Å². The number of rotatable bonds is 6. The first-order valence-electron chi connectivity index (χ1n) is 11.3. The summed E-state index contributed by atoms with van der Waals surface area (Å²) < 4.78 is 13.4. The van der Waals surface area contributed by atoms with Crippen LogP contribution in [0.15, 0.2) is 67.3 Å². The Labute approximate surface area is 199 Å². The number of nitrogens with one attached hydrogen (secondary N) is 3. The van der Waals surface area contributed by atoms with Crippen LogP contribution in [0.2, 0.25) is 0 Å². The van der Waals surface area contributed by atoms with Gasteiger partial charge in [0.15, 0.2) is 11.5 Å². The number of H-pyrrole nitrogens is 2. The molecule has 6 aromatic rings. The van der Waals surface area contributed by atoms with E-state index in [0.29, 0.717) is 17.2 Å². The lowest BCUT2D eigenvalue weighted by molar-refractivity contribution is 0.628. The molecule has 0 aliphatic heterocycles. The fourth-order valence-electron chi connectivity index (χ4n) is 4.14. The summed E-state index contributed by atoms with van der Waals surface area (Å²) in [4.78, 5) is 21.5. The Bertz CT molecular complexity index is 1650. The second-order valence-electron chi connectivity index (χ2n) is 8.20. The van der Waals surface area contributed by atoms with Gasteiger partial charge < -0.3 is 10.3 Å². The van der Waals surface area contributed by atoms with Crippen molar-refractivity contribution >= 4 is 22.1 Å². The zero-order valence-corrected chi connectivity index (χ0v) is 18.9. The summed E-state index contributed by atoms with van der Waals surface area (Å²) in [5.74, 6) is 0.309. The zero-order valence-electron chi connectivity index (χ0n) is 18.9. The highest BCUT2D eigenvalue weighted by atomic mass is 19.1. The summed E-state index contributed by atoms with van der Waals surface area (Å²) in [7, 11) is 0. The van der Waals surface area contributed by atoms with Gasteiger partial charge in [0.25, 0.3) is 0 Å². The van der Waals surface area contributed by atoms with Crippen LogP contribution in [0.5, 0.6) is 0 Å². The van der Waals surface area contributed by atoms with E-state index in [-0.39, 0.29) is 5.82 Å². The summed E-state index contributed by atoms with van der Waals surface area (Å²) in [6, 6.07) is 12.3. The molecule has 0 saturated carbocycles. The molecule has 5 aromatic heterocycles. The third-order valence-electron chi connectivity index (χ3n) is 5.89. The third kappa shape index (κ3) is 3.91. The van der Waals surface area contributed by atoms with Crippen LogP contribution in [0.25, 0.3) is 56.0 Å². The highest BCUT2D eigenvalue weighted by Gasteiger charge is 2.17. The monoisotopic (exact) mass is 464 g/mol. The van der Waals surface area contributed by atoms with Crippen molar-refractivity contribution in [2.45, 2.75) is 13.5 Å². The molecule has 172 valence electrons. The molecular weight excluding hydrogens is 443 g/mol. The largest absolute Gasteiger partial charge is 0.335 e. The summed E-state index contributed by atoms with van der Waals surface area (Å²) in [6.07, 6.45) is 7.13. The molecule has 35 heavy (non-hydrogen) atoms. The molecule has 5 heterocycles. The van der Waals surface area contributed by atoms with Gasteiger partial charge in [-0.05, 0) is 48.0 Å². The van der Waals surface area contributed by atoms with Gasteiger partial charge in [0.05, 0.1) is 22.9 Å². The van der Waals surface area contributed by atoms with Crippen LogP contribution in [0.1, 0.15) is 12.5 Å². The third-order valence-corrected chi connectivity index (χ3v) is 5.89. The number of halogens is 1. The molecule has 0 aliphatic carbocycles. The van der Waals surface area contributed by atoms with Crippen molar-refractivity contribution < 1.29 is 4.39 Å². The van der Waals surface area contributed by atoms with Crippen LogP contribution in [0.4, 0.5) is 4.39 Å². The van der Waals surface area contributed by atoms with E-state index in [4.69, 9.17) is 4.98 Å². The summed E-state index contributed by atoms with van der Waals surface area (Å²) in [5, 5.41) is 11.7. The zero-order chi connectivity index (χ0) is 23.8. The quantitative estimate of drug-likeness (QED) is 0.324. The molecule has 9 heteroatoms. The number of benzene rings is 1. The summed E-state index contributed by atoms with van der Waals surface area (Å²) in [5.41, 5.74) is 7.38. The standard InChI is InChI=1S/C26H21FN8/c1-2-28-11-15-9-17(13-29-12-15)21-10-20-22(14-31-21)34-35-24(20)26-32-23-19(7-8-30-25(23)33-26)16-3-5-18(27)6-4-16/h3-10,12-14,28H,2,11H2,1H3,(H,34,35)(H,30,32,33). The van der Waals surface area contributed by atoms with Gasteiger partial charge in [0.1, 0.15) is 11.5 Å². The molecule has 6 rings (SSSR count). The van der Waals surface area contributed by atoms with Crippen LogP contribution in [-0.2, 0) is 6.54 Å². The number of fused-ring (bicyclic) bond motifs is 2. The number of aromatic nitrogens is 7. The Kier molecular flexibility index (Phi) is 5.23. The van der Waals surface area contributed by atoms with Gasteiger partial charge in [0, 0.05) is 41.6 Å². The Balaban J connectivity index is 1.43. The minimum absolute atomic E-state index is 0.279. The van der Waals surface area contributed by atoms with Gasteiger partial charge in [-0.15, -0.1) is 0 Å². The number of hydrogen-bond acceptors (Lipinski definition) is 6. The van der Waals surface area contributed by atoms with Gasteiger partial charge in [-0.2, -0.15) is 5.10 Å². The van der Waals surface area contributed by atoms with E-state index < -0.39 is 0 Å². The van der Waals surface area contributed by atoms with E-state index in [1.807, 2.05) is 24.5 Å². The molecule has 0 saturated heterocycles. The first kappa shape index (κ1) is 21.1. The second kappa shape index (κ2) is 8.69. The van der Waals surface area contributed by atoms with Crippen LogP contribution in [0.3, 0.4) is 0 Å². The molecule has 0 amide bonds. The Morgan fingerprint density at radius 3 is 2.71 bits per heavy atom. The maximum Gasteiger partial charge on any atom is 0.178 e. The van der Waals surface area contributed by atoms with E-state index in [0.717, 1.165) is 57.5 Å². The number of hydrogen-bond donors (Lipinski definition) is 3. The van der Waals surface area contributed by atoms with Crippen molar-refractivity contribution in [1.29, 1.82) is 0 Å². The normalized spacial score (nSPS) is 11.5. The number of aromatic amines is 2. The van der Waals surface area contributed by atoms with Crippen molar-refractivity contribution in [2.24, 2.45) is 0 Å². The average Bonchev–Trinajstić information content (AvgIpc) is 3.51. The van der Waals surface area contributed by atoms with Crippen LogP contribution in [-0.4, -0.2) is 41.7 Å². The molecule has 0 aliphatic rings. The van der Waals surface area contributed by atoms with E-state index in [1.165, 1.54) is 12.1 Å². The molecule has 0 unspecified atom stereocenters. The molecule has 1 aromatic carbocycles. The molecule has 8 nitrogen and oxygen atoms in total. The van der Waals surface area contributed by atoms with Crippen LogP contribution >= 0.6 is 0 Å². The topological polar surface area (TPSA) is 108 Å². The fraction of sp³-hybridized carbons (Fsp3) is 0.115. The number of pyridine rings is 3. The number of nitrogens with zero attached hydrogens (tertiary/aromatic N) is 5. The van der Waals surface area contributed by atoms with Crippen molar-refractivity contribution in [2.75, 3.05) is 6.54 Å². The Morgan fingerprint density at radius 2 is 1.86 bits per heavy atom. The second-order valence-corrected chi connectivity index (χ2v) is 8.20. The Morgan fingerprint density at radius 1 is 0.971 bits per heavy atom. The SMILES string of the molecule is CCNCc1cncc(-c2cc3c(-c4nc5nccc(-c6ccc(F)cc6)c5[nH]4)n[nH]c3cn2)c1. The minimum atomic E-state index is -0.279. The lowest BCUT2D eigenvalue weighted by Gasteiger charge is -2.05. The lowest BCUT2D eigenvalue weighted by Crippen LogP contribution is -2.11. The van der Waals surface area contributed by atoms with E-state index in [1.54, 1.807) is 24.5 Å². The van der Waals surface area contributed by atoms with Crippen LogP contribution < -0.4 is 5.32 Å². The van der Waals surface area contributed by atoms with Crippen molar-refractivity contribution in [1.82, 2.24) is 40.4 Å². The summed E-state index contributed by atoms with van der Waals surface area (Å²) in [6.45, 7) is 3.71. The number of imidazole rings is 1. The van der Waals surface area contributed by atoms with Gasteiger partial charge in [-0.3, -0.25) is 15.1 Å². The molecular formula is C26H21FN8. The predicted molar refractivity (Wildman–Crippen MR) is 133 cm³/mol. The van der Waals surface area contributed by atoms with Crippen molar-refractivity contribution in [3.05, 3.63) is 78.6 Å². The molecule has 0 radical (unpaired) electrons. The highest BCUT2D eigenvalue weighted by molar-refractivity contribution is 5.96. The van der Waals surface area contributed by atoms with Gasteiger partial charge >= 0.3 is 0 Å². The van der Waals surface area contributed by atoms with E-state index >= 15 is 0 Å². The van der Waals surface area contributed by atoms with Gasteiger partial charge in [-0.25, -0.2) is 14.4 Å². The van der Waals surface area contributed by atoms with Crippen molar-refractivity contribution in [3.8, 4) is 33.9 Å². The van der Waals surface area contributed by atoms with Gasteiger partial charge in [-0.1, -0.05) is 19.1 Å². The highest BCUT2D eigenvalue weighted by Crippen LogP contribution is 2.31. The lowest BCUT2D eigenvalue weighted by atomic mass is 10.1. The Hall–Kier alpha value is -4.50. The smallest absolute Gasteiger partial charge is 0.178 e. The predicted octanol–water partition coefficient (Wildman–Crippen LogP) is 4.87. The fourth-order valence-corrected chi connectivity index (χ4v) is 4.14. The summed E-state index contributed by atoms with van der Waals surface area (Å²) >= 11 is 0. The molecule has 0 atom stereocenters. The molecule has 0 bridgehead atoms. The molecule has 0 fully saturated rings. The van der Waals surface area contributed by atoms with Crippen molar-refractivity contribution in [3.63, 3.8) is 0 Å².